The molecule has 0 unspecified atom stereocenters. The van der Waals surface area contributed by atoms with Crippen molar-refractivity contribution < 1.29 is 4.73 Å². The van der Waals surface area contributed by atoms with E-state index in [9.17, 15) is 5.21 Å². The zero-order chi connectivity index (χ0) is 7.84. The molecule has 2 aromatic rings. The summed E-state index contributed by atoms with van der Waals surface area (Å²) in [6.45, 7) is 0. The van der Waals surface area contributed by atoms with Crippen LogP contribution in [0.5, 0.6) is 0 Å². The van der Waals surface area contributed by atoms with Crippen LogP contribution >= 0.6 is 0 Å². The van der Waals surface area contributed by atoms with Gasteiger partial charge in [0.1, 0.15) is 0 Å². The number of fused-ring (bicyclic) bond motifs is 1. The van der Waals surface area contributed by atoms with Crippen LogP contribution in [0.2, 0.25) is 0 Å². The Hall–Kier alpha value is -1.51. The summed E-state index contributed by atoms with van der Waals surface area (Å²) >= 11 is 0. The number of rotatable bonds is 0. The van der Waals surface area contributed by atoms with Gasteiger partial charge in [0.25, 0.3) is 5.65 Å². The van der Waals surface area contributed by atoms with Crippen molar-refractivity contribution in [2.75, 3.05) is 0 Å². The molecule has 0 aliphatic heterocycles. The molecule has 0 fully saturated rings. The SMILES string of the molecule is Cn1ccc2ccc[n+]([O-])c21. The first-order valence-electron chi connectivity index (χ1n) is 3.42. The number of pyridine rings is 1. The van der Waals surface area contributed by atoms with Gasteiger partial charge in [-0.15, -0.1) is 0 Å². The molecule has 0 aromatic carbocycles. The van der Waals surface area contributed by atoms with Crippen molar-refractivity contribution in [3.8, 4) is 0 Å². The van der Waals surface area contributed by atoms with Gasteiger partial charge in [-0.05, 0) is 18.2 Å². The van der Waals surface area contributed by atoms with Crippen molar-refractivity contribution in [3.63, 3.8) is 0 Å². The average molecular weight is 148 g/mol. The Balaban J connectivity index is 2.96. The van der Waals surface area contributed by atoms with Crippen LogP contribution in [0.25, 0.3) is 11.0 Å². The van der Waals surface area contributed by atoms with E-state index in [2.05, 4.69) is 0 Å². The van der Waals surface area contributed by atoms with E-state index in [-0.39, 0.29) is 0 Å². The van der Waals surface area contributed by atoms with E-state index in [1.165, 1.54) is 6.20 Å². The van der Waals surface area contributed by atoms with Crippen LogP contribution in [0.4, 0.5) is 0 Å². The molecule has 11 heavy (non-hydrogen) atoms. The first-order valence-corrected chi connectivity index (χ1v) is 3.42. The molecule has 2 rings (SSSR count). The van der Waals surface area contributed by atoms with Crippen molar-refractivity contribution in [2.45, 2.75) is 0 Å². The lowest BCUT2D eigenvalue weighted by atomic mass is 10.3. The number of aryl methyl sites for hydroxylation is 1. The Morgan fingerprint density at radius 3 is 3.00 bits per heavy atom. The standard InChI is InChI=1S/C8H8N2O/c1-9-6-4-7-3-2-5-10(11)8(7)9/h2-6H,1H3. The zero-order valence-electron chi connectivity index (χ0n) is 6.19. The van der Waals surface area contributed by atoms with E-state index < -0.39 is 0 Å². The molecule has 56 valence electrons. The maximum atomic E-state index is 11.2. The molecule has 0 N–H and O–H groups in total. The van der Waals surface area contributed by atoms with E-state index in [1.54, 1.807) is 6.07 Å². The fourth-order valence-electron chi connectivity index (χ4n) is 1.25. The molecule has 0 amide bonds. The summed E-state index contributed by atoms with van der Waals surface area (Å²) < 4.78 is 2.68. The summed E-state index contributed by atoms with van der Waals surface area (Å²) in [7, 11) is 1.86. The quantitative estimate of drug-likeness (QED) is 0.402. The molecular formula is C8H8N2O. The van der Waals surface area contributed by atoms with E-state index in [0.29, 0.717) is 5.65 Å². The van der Waals surface area contributed by atoms with Crippen LogP contribution in [0.3, 0.4) is 0 Å². The Kier molecular flexibility index (Phi) is 1.12. The summed E-state index contributed by atoms with van der Waals surface area (Å²) in [5.74, 6) is 0. The number of hydrogen-bond donors (Lipinski definition) is 0. The van der Waals surface area contributed by atoms with Gasteiger partial charge in [0.2, 0.25) is 0 Å². The first-order chi connectivity index (χ1) is 5.29. The molecule has 0 aliphatic carbocycles. The number of hydrogen-bond acceptors (Lipinski definition) is 1. The van der Waals surface area contributed by atoms with Crippen molar-refractivity contribution in [1.82, 2.24) is 4.57 Å². The van der Waals surface area contributed by atoms with Gasteiger partial charge >= 0.3 is 0 Å². The molecule has 2 aromatic heterocycles. The topological polar surface area (TPSA) is 31.9 Å². The summed E-state index contributed by atoms with van der Waals surface area (Å²) in [5, 5.41) is 12.1. The second-order valence-electron chi connectivity index (χ2n) is 2.54. The van der Waals surface area contributed by atoms with Gasteiger partial charge < -0.3 is 5.21 Å². The maximum Gasteiger partial charge on any atom is 0.291 e. The molecule has 0 bridgehead atoms. The van der Waals surface area contributed by atoms with Crippen LogP contribution in [0.15, 0.2) is 30.6 Å². The van der Waals surface area contributed by atoms with Crippen molar-refractivity contribution in [2.24, 2.45) is 7.05 Å². The second-order valence-corrected chi connectivity index (χ2v) is 2.54. The number of nitrogens with zero attached hydrogens (tertiary/aromatic N) is 2. The van der Waals surface area contributed by atoms with Gasteiger partial charge in [-0.2, -0.15) is 0 Å². The van der Waals surface area contributed by atoms with Gasteiger partial charge in [-0.1, -0.05) is 0 Å². The van der Waals surface area contributed by atoms with E-state index in [4.69, 9.17) is 0 Å². The molecular weight excluding hydrogens is 140 g/mol. The molecule has 0 atom stereocenters. The first kappa shape index (κ1) is 6.22. The van der Waals surface area contributed by atoms with E-state index in [0.717, 1.165) is 10.1 Å². The minimum Gasteiger partial charge on any atom is -0.711 e. The molecule has 0 saturated carbocycles. The van der Waals surface area contributed by atoms with Gasteiger partial charge in [0.15, 0.2) is 0 Å². The smallest absolute Gasteiger partial charge is 0.291 e. The number of aromatic nitrogens is 2. The van der Waals surface area contributed by atoms with Crippen molar-refractivity contribution in [1.29, 1.82) is 0 Å². The predicted molar refractivity (Wildman–Crippen MR) is 41.9 cm³/mol. The minimum atomic E-state index is 0.701. The van der Waals surface area contributed by atoms with E-state index >= 15 is 0 Å². The molecule has 2 heterocycles. The lowest BCUT2D eigenvalue weighted by Crippen LogP contribution is -2.27. The fourth-order valence-corrected chi connectivity index (χ4v) is 1.25. The monoisotopic (exact) mass is 148 g/mol. The average Bonchev–Trinajstić information content (AvgIpc) is 2.34. The zero-order valence-corrected chi connectivity index (χ0v) is 6.19. The van der Waals surface area contributed by atoms with Crippen LogP contribution < -0.4 is 4.73 Å². The van der Waals surface area contributed by atoms with E-state index in [1.807, 2.05) is 29.9 Å². The highest BCUT2D eigenvalue weighted by molar-refractivity contribution is 5.72. The van der Waals surface area contributed by atoms with Crippen LogP contribution in [-0.2, 0) is 7.05 Å². The second kappa shape index (κ2) is 1.99. The van der Waals surface area contributed by atoms with Crippen molar-refractivity contribution >= 4 is 11.0 Å². The third-order valence-electron chi connectivity index (χ3n) is 1.78. The summed E-state index contributed by atoms with van der Waals surface area (Å²) in [4.78, 5) is 0. The summed E-state index contributed by atoms with van der Waals surface area (Å²) in [6.07, 6.45) is 3.38. The Morgan fingerprint density at radius 2 is 2.27 bits per heavy atom. The predicted octanol–water partition coefficient (Wildman–Crippen LogP) is 0.812. The van der Waals surface area contributed by atoms with Crippen LogP contribution in [0.1, 0.15) is 0 Å². The highest BCUT2D eigenvalue weighted by atomic mass is 16.5. The van der Waals surface area contributed by atoms with Gasteiger partial charge in [0.05, 0.1) is 24.8 Å². The summed E-state index contributed by atoms with van der Waals surface area (Å²) in [5.41, 5.74) is 0.701. The third-order valence-corrected chi connectivity index (χ3v) is 1.78. The van der Waals surface area contributed by atoms with Crippen LogP contribution in [-0.4, -0.2) is 4.57 Å². The molecule has 3 nitrogen and oxygen atoms in total. The molecule has 0 radical (unpaired) electrons. The largest absolute Gasteiger partial charge is 0.711 e. The lowest BCUT2D eigenvalue weighted by Gasteiger charge is -2.01. The van der Waals surface area contributed by atoms with Crippen molar-refractivity contribution in [3.05, 3.63) is 35.8 Å². The lowest BCUT2D eigenvalue weighted by molar-refractivity contribution is -0.580. The highest BCUT2D eigenvalue weighted by Crippen LogP contribution is 2.08. The molecule has 0 saturated heterocycles. The Morgan fingerprint density at radius 1 is 1.45 bits per heavy atom. The molecule has 3 heteroatoms. The highest BCUT2D eigenvalue weighted by Gasteiger charge is 2.04. The maximum absolute atomic E-state index is 11.2. The van der Waals surface area contributed by atoms with Gasteiger partial charge in [-0.3, -0.25) is 0 Å². The molecule has 0 spiro atoms. The van der Waals surface area contributed by atoms with Crippen LogP contribution in [0, 0.1) is 5.21 Å². The normalized spacial score (nSPS) is 10.6. The minimum absolute atomic E-state index is 0.701. The Labute approximate surface area is 64.1 Å². The van der Waals surface area contributed by atoms with Gasteiger partial charge in [0, 0.05) is 0 Å². The van der Waals surface area contributed by atoms with Gasteiger partial charge in [-0.25, -0.2) is 9.30 Å². The molecule has 0 aliphatic rings. The Bertz CT molecular complexity index is 392. The fraction of sp³-hybridized carbons (Fsp3) is 0.125. The summed E-state index contributed by atoms with van der Waals surface area (Å²) in [6, 6.07) is 5.59. The third kappa shape index (κ3) is 0.774.